The number of phenolic OH excluding ortho intramolecular Hbond substituents is 2. The van der Waals surface area contributed by atoms with E-state index in [1.807, 2.05) is 0 Å². The molecule has 0 fully saturated rings. The van der Waals surface area contributed by atoms with Crippen molar-refractivity contribution in [3.05, 3.63) is 24.0 Å². The summed E-state index contributed by atoms with van der Waals surface area (Å²) in [5.41, 5.74) is 5.95. The standard InChI is InChI=1S/C10H10FN3O2/c1-14-8(12)4-6(13-14)5-2-3-7(15)10(16)9(5)11/h2-4,15-16H,12H2,1H3. The van der Waals surface area contributed by atoms with Gasteiger partial charge in [0.2, 0.25) is 0 Å². The molecule has 0 unspecified atom stereocenters. The quantitative estimate of drug-likeness (QED) is 0.634. The van der Waals surface area contributed by atoms with E-state index < -0.39 is 17.3 Å². The number of nitrogen functional groups attached to an aromatic ring is 1. The molecule has 0 amide bonds. The van der Waals surface area contributed by atoms with Crippen LogP contribution in [0.5, 0.6) is 11.5 Å². The maximum Gasteiger partial charge on any atom is 0.194 e. The van der Waals surface area contributed by atoms with Gasteiger partial charge in [-0.3, -0.25) is 4.68 Å². The maximum atomic E-state index is 13.6. The third-order valence-corrected chi connectivity index (χ3v) is 2.29. The smallest absolute Gasteiger partial charge is 0.194 e. The number of hydrogen-bond acceptors (Lipinski definition) is 4. The average Bonchev–Trinajstić information content (AvgIpc) is 2.56. The summed E-state index contributed by atoms with van der Waals surface area (Å²) in [7, 11) is 1.62. The van der Waals surface area contributed by atoms with Gasteiger partial charge in [0.25, 0.3) is 0 Å². The molecule has 1 aromatic carbocycles. The van der Waals surface area contributed by atoms with Gasteiger partial charge >= 0.3 is 0 Å². The van der Waals surface area contributed by atoms with Crippen molar-refractivity contribution in [2.75, 3.05) is 5.73 Å². The zero-order chi connectivity index (χ0) is 11.9. The first-order valence-electron chi connectivity index (χ1n) is 4.51. The third-order valence-electron chi connectivity index (χ3n) is 2.29. The van der Waals surface area contributed by atoms with Gasteiger partial charge in [-0.1, -0.05) is 0 Å². The van der Waals surface area contributed by atoms with Gasteiger partial charge in [-0.05, 0) is 12.1 Å². The number of nitrogens with zero attached hydrogens (tertiary/aromatic N) is 2. The molecule has 1 heterocycles. The molecule has 0 bridgehead atoms. The highest BCUT2D eigenvalue weighted by atomic mass is 19.1. The van der Waals surface area contributed by atoms with E-state index in [1.54, 1.807) is 7.05 Å². The molecule has 0 atom stereocenters. The molecule has 84 valence electrons. The Balaban J connectivity index is 2.61. The van der Waals surface area contributed by atoms with Gasteiger partial charge in [-0.2, -0.15) is 5.10 Å². The number of halogens is 1. The van der Waals surface area contributed by atoms with Crippen LogP contribution in [-0.4, -0.2) is 20.0 Å². The van der Waals surface area contributed by atoms with Crippen molar-refractivity contribution in [3.8, 4) is 22.8 Å². The fourth-order valence-electron chi connectivity index (χ4n) is 1.37. The number of nitrogens with two attached hydrogens (primary N) is 1. The van der Waals surface area contributed by atoms with Crippen LogP contribution in [-0.2, 0) is 7.05 Å². The molecule has 2 rings (SSSR count). The molecule has 0 aliphatic rings. The lowest BCUT2D eigenvalue weighted by atomic mass is 10.1. The summed E-state index contributed by atoms with van der Waals surface area (Å²) in [5, 5.41) is 22.3. The fraction of sp³-hybridized carbons (Fsp3) is 0.100. The summed E-state index contributed by atoms with van der Waals surface area (Å²) in [6, 6.07) is 4.00. The zero-order valence-electron chi connectivity index (χ0n) is 8.48. The number of aromatic hydroxyl groups is 2. The van der Waals surface area contributed by atoms with Gasteiger partial charge in [-0.25, -0.2) is 4.39 Å². The molecule has 0 radical (unpaired) electrons. The zero-order valence-corrected chi connectivity index (χ0v) is 8.48. The van der Waals surface area contributed by atoms with Crippen LogP contribution in [0.4, 0.5) is 10.2 Å². The van der Waals surface area contributed by atoms with E-state index in [0.717, 1.165) is 0 Å². The molecule has 16 heavy (non-hydrogen) atoms. The molecular formula is C10H10FN3O2. The molecule has 0 saturated heterocycles. The number of phenols is 2. The predicted molar refractivity (Wildman–Crippen MR) is 56.3 cm³/mol. The van der Waals surface area contributed by atoms with Crippen molar-refractivity contribution in [1.82, 2.24) is 9.78 Å². The Bertz CT molecular complexity index is 532. The van der Waals surface area contributed by atoms with Crippen LogP contribution in [0.2, 0.25) is 0 Å². The highest BCUT2D eigenvalue weighted by Crippen LogP contribution is 2.34. The summed E-state index contributed by atoms with van der Waals surface area (Å²) in [6.45, 7) is 0. The van der Waals surface area contributed by atoms with Crippen LogP contribution < -0.4 is 5.73 Å². The number of rotatable bonds is 1. The largest absolute Gasteiger partial charge is 0.504 e. The van der Waals surface area contributed by atoms with E-state index in [4.69, 9.17) is 10.8 Å². The van der Waals surface area contributed by atoms with Gasteiger partial charge in [0.1, 0.15) is 5.82 Å². The summed E-state index contributed by atoms with van der Waals surface area (Å²) < 4.78 is 15.0. The summed E-state index contributed by atoms with van der Waals surface area (Å²) >= 11 is 0. The molecule has 0 aliphatic heterocycles. The molecular weight excluding hydrogens is 213 g/mol. The maximum absolute atomic E-state index is 13.6. The molecule has 2 aromatic rings. The van der Waals surface area contributed by atoms with Crippen LogP contribution in [0.1, 0.15) is 0 Å². The van der Waals surface area contributed by atoms with Gasteiger partial charge in [0.15, 0.2) is 17.3 Å². The van der Waals surface area contributed by atoms with Gasteiger partial charge in [0.05, 0.1) is 5.69 Å². The van der Waals surface area contributed by atoms with E-state index in [-0.39, 0.29) is 5.56 Å². The average molecular weight is 223 g/mol. The summed E-state index contributed by atoms with van der Waals surface area (Å²) in [4.78, 5) is 0. The van der Waals surface area contributed by atoms with E-state index in [0.29, 0.717) is 11.5 Å². The Morgan fingerprint density at radius 3 is 2.62 bits per heavy atom. The van der Waals surface area contributed by atoms with Crippen molar-refractivity contribution in [2.24, 2.45) is 7.05 Å². The minimum atomic E-state index is -0.918. The molecule has 4 N–H and O–H groups in total. The first-order valence-corrected chi connectivity index (χ1v) is 4.51. The van der Waals surface area contributed by atoms with Crippen LogP contribution in [0.15, 0.2) is 18.2 Å². The van der Waals surface area contributed by atoms with Crippen LogP contribution in [0.3, 0.4) is 0 Å². The van der Waals surface area contributed by atoms with E-state index in [1.165, 1.54) is 22.9 Å². The van der Waals surface area contributed by atoms with Crippen LogP contribution in [0, 0.1) is 5.82 Å². The van der Waals surface area contributed by atoms with Crippen molar-refractivity contribution >= 4 is 5.82 Å². The minimum absolute atomic E-state index is 0.0857. The van der Waals surface area contributed by atoms with Crippen molar-refractivity contribution < 1.29 is 14.6 Å². The minimum Gasteiger partial charge on any atom is -0.504 e. The number of anilines is 1. The Kier molecular flexibility index (Phi) is 2.19. The number of aromatic nitrogens is 2. The van der Waals surface area contributed by atoms with Crippen LogP contribution >= 0.6 is 0 Å². The SMILES string of the molecule is Cn1nc(-c2ccc(O)c(O)c2F)cc1N. The number of aryl methyl sites for hydroxylation is 1. The van der Waals surface area contributed by atoms with E-state index in [9.17, 15) is 9.50 Å². The molecule has 6 heteroatoms. The number of benzene rings is 1. The Labute approximate surface area is 90.6 Å². The monoisotopic (exact) mass is 223 g/mol. The first kappa shape index (κ1) is 10.3. The van der Waals surface area contributed by atoms with Gasteiger partial charge in [-0.15, -0.1) is 0 Å². The number of hydrogen-bond donors (Lipinski definition) is 3. The van der Waals surface area contributed by atoms with Gasteiger partial charge < -0.3 is 15.9 Å². The van der Waals surface area contributed by atoms with Crippen molar-refractivity contribution in [2.45, 2.75) is 0 Å². The highest BCUT2D eigenvalue weighted by Gasteiger charge is 2.15. The van der Waals surface area contributed by atoms with Crippen molar-refractivity contribution in [3.63, 3.8) is 0 Å². The summed E-state index contributed by atoms with van der Waals surface area (Å²) in [5.74, 6) is -1.84. The van der Waals surface area contributed by atoms with E-state index >= 15 is 0 Å². The Morgan fingerprint density at radius 2 is 2.06 bits per heavy atom. The molecule has 0 saturated carbocycles. The second-order valence-electron chi connectivity index (χ2n) is 3.37. The Morgan fingerprint density at radius 1 is 1.38 bits per heavy atom. The second kappa shape index (κ2) is 3.41. The molecule has 5 nitrogen and oxygen atoms in total. The van der Waals surface area contributed by atoms with Crippen molar-refractivity contribution in [1.29, 1.82) is 0 Å². The normalized spacial score (nSPS) is 10.6. The van der Waals surface area contributed by atoms with Gasteiger partial charge in [0, 0.05) is 18.7 Å². The van der Waals surface area contributed by atoms with E-state index in [2.05, 4.69) is 5.10 Å². The first-order chi connectivity index (χ1) is 7.50. The lowest BCUT2D eigenvalue weighted by molar-refractivity contribution is 0.380. The second-order valence-corrected chi connectivity index (χ2v) is 3.37. The Hall–Kier alpha value is -2.24. The molecule has 1 aromatic heterocycles. The highest BCUT2D eigenvalue weighted by molar-refractivity contribution is 5.66. The molecule has 0 spiro atoms. The summed E-state index contributed by atoms with van der Waals surface area (Å²) in [6.07, 6.45) is 0. The molecule has 0 aliphatic carbocycles. The lowest BCUT2D eigenvalue weighted by Gasteiger charge is -2.03. The lowest BCUT2D eigenvalue weighted by Crippen LogP contribution is -1.96. The fourth-order valence-corrected chi connectivity index (χ4v) is 1.37. The van der Waals surface area contributed by atoms with Crippen LogP contribution in [0.25, 0.3) is 11.3 Å². The third kappa shape index (κ3) is 1.44. The predicted octanol–water partition coefficient (Wildman–Crippen LogP) is 1.22. The topological polar surface area (TPSA) is 84.3 Å².